The Hall–Kier alpha value is -2.21. The number of hydrogen-bond donors (Lipinski definition) is 3. The molecule has 0 bridgehead atoms. The molecular weight excluding hydrogens is 336 g/mol. The largest absolute Gasteiger partial charge is 0.503 e. The van der Waals surface area contributed by atoms with E-state index in [0.29, 0.717) is 22.3 Å². The van der Waals surface area contributed by atoms with Gasteiger partial charge in [0.1, 0.15) is 0 Å². The van der Waals surface area contributed by atoms with Gasteiger partial charge in [0.2, 0.25) is 5.91 Å². The Morgan fingerprint density at radius 2 is 2.00 bits per heavy atom. The van der Waals surface area contributed by atoms with Crippen LogP contribution in [0.1, 0.15) is 15.9 Å². The van der Waals surface area contributed by atoms with E-state index in [9.17, 15) is 9.90 Å². The van der Waals surface area contributed by atoms with Crippen molar-refractivity contribution in [2.75, 3.05) is 12.4 Å². The fourth-order valence-electron chi connectivity index (χ4n) is 1.84. The van der Waals surface area contributed by atoms with Gasteiger partial charge < -0.3 is 20.9 Å². The number of ether oxygens (including phenoxy) is 1. The van der Waals surface area contributed by atoms with Crippen molar-refractivity contribution in [3.05, 3.63) is 52.0 Å². The molecule has 0 heterocycles. The molecule has 0 aliphatic rings. The molecule has 0 radical (unpaired) electrons. The Kier molecular flexibility index (Phi) is 4.70. The van der Waals surface area contributed by atoms with E-state index in [1.165, 1.54) is 7.11 Å². The second-order valence-electron chi connectivity index (χ2n) is 4.42. The number of methoxy groups -OCH3 is 1. The summed E-state index contributed by atoms with van der Waals surface area (Å²) in [5, 5.41) is 13.0. The quantitative estimate of drug-likeness (QED) is 0.773. The van der Waals surface area contributed by atoms with Crippen molar-refractivity contribution < 1.29 is 14.6 Å². The van der Waals surface area contributed by atoms with Crippen molar-refractivity contribution in [3.8, 4) is 11.5 Å². The first-order chi connectivity index (χ1) is 10.0. The molecule has 6 heteroatoms. The Labute approximate surface area is 130 Å². The normalized spacial score (nSPS) is 10.2. The van der Waals surface area contributed by atoms with Crippen molar-refractivity contribution in [2.24, 2.45) is 5.73 Å². The summed E-state index contributed by atoms with van der Waals surface area (Å²) in [4.78, 5) is 11.0. The molecule has 2 aromatic carbocycles. The molecule has 0 saturated carbocycles. The average Bonchev–Trinajstić information content (AvgIpc) is 2.48. The van der Waals surface area contributed by atoms with Crippen LogP contribution >= 0.6 is 15.9 Å². The van der Waals surface area contributed by atoms with Crippen molar-refractivity contribution in [2.45, 2.75) is 6.54 Å². The van der Waals surface area contributed by atoms with Crippen LogP contribution in [0.2, 0.25) is 0 Å². The SMILES string of the molecule is COc1cc(CNc2ccc(C(N)=O)cc2)cc(Br)c1O. The zero-order chi connectivity index (χ0) is 15.4. The molecule has 0 spiro atoms. The lowest BCUT2D eigenvalue weighted by Crippen LogP contribution is -2.10. The van der Waals surface area contributed by atoms with Crippen LogP contribution in [0.15, 0.2) is 40.9 Å². The summed E-state index contributed by atoms with van der Waals surface area (Å²) in [6.45, 7) is 0.547. The number of nitrogens with two attached hydrogens (primary N) is 1. The van der Waals surface area contributed by atoms with Crippen molar-refractivity contribution in [1.29, 1.82) is 0 Å². The van der Waals surface area contributed by atoms with Crippen molar-refractivity contribution >= 4 is 27.5 Å². The maximum atomic E-state index is 11.0. The van der Waals surface area contributed by atoms with Gasteiger partial charge in [-0.15, -0.1) is 0 Å². The summed E-state index contributed by atoms with van der Waals surface area (Å²) in [6, 6.07) is 10.5. The minimum Gasteiger partial charge on any atom is -0.503 e. The standard InChI is InChI=1S/C15H15BrN2O3/c1-21-13-7-9(6-12(16)14(13)19)8-18-11-4-2-10(3-5-11)15(17)20/h2-7,18-19H,8H2,1H3,(H2,17,20). The van der Waals surface area contributed by atoms with E-state index in [-0.39, 0.29) is 5.75 Å². The molecule has 1 amide bonds. The van der Waals surface area contributed by atoms with Crippen molar-refractivity contribution in [1.82, 2.24) is 0 Å². The van der Waals surface area contributed by atoms with Gasteiger partial charge in [-0.3, -0.25) is 4.79 Å². The maximum Gasteiger partial charge on any atom is 0.248 e. The number of primary amides is 1. The van der Waals surface area contributed by atoms with Crippen LogP contribution in [0, 0.1) is 0 Å². The summed E-state index contributed by atoms with van der Waals surface area (Å²) >= 11 is 3.28. The number of phenols is 1. The lowest BCUT2D eigenvalue weighted by Gasteiger charge is -2.11. The number of anilines is 1. The molecule has 0 aromatic heterocycles. The molecule has 4 N–H and O–H groups in total. The number of amides is 1. The lowest BCUT2D eigenvalue weighted by molar-refractivity contribution is 0.100. The number of carbonyl (C=O) groups is 1. The van der Waals surface area contributed by atoms with Crippen LogP contribution in [0.25, 0.3) is 0 Å². The minimum atomic E-state index is -0.450. The summed E-state index contributed by atoms with van der Waals surface area (Å²) in [6.07, 6.45) is 0. The number of carbonyl (C=O) groups excluding carboxylic acids is 1. The highest BCUT2D eigenvalue weighted by Gasteiger charge is 2.08. The molecular formula is C15H15BrN2O3. The second kappa shape index (κ2) is 6.49. The van der Waals surface area contributed by atoms with Gasteiger partial charge in [0, 0.05) is 17.8 Å². The molecule has 21 heavy (non-hydrogen) atoms. The second-order valence-corrected chi connectivity index (χ2v) is 5.28. The summed E-state index contributed by atoms with van der Waals surface area (Å²) < 4.78 is 5.67. The number of phenolic OH excluding ortho intramolecular Hbond substituents is 1. The first-order valence-corrected chi connectivity index (χ1v) is 6.99. The van der Waals surface area contributed by atoms with Gasteiger partial charge in [-0.2, -0.15) is 0 Å². The van der Waals surface area contributed by atoms with E-state index in [0.717, 1.165) is 11.3 Å². The van der Waals surface area contributed by atoms with Crippen LogP contribution in [0.4, 0.5) is 5.69 Å². The predicted molar refractivity (Wildman–Crippen MR) is 84.6 cm³/mol. The Morgan fingerprint density at radius 3 is 2.57 bits per heavy atom. The topological polar surface area (TPSA) is 84.6 Å². The van der Waals surface area contributed by atoms with E-state index in [2.05, 4.69) is 21.2 Å². The molecule has 0 atom stereocenters. The monoisotopic (exact) mass is 350 g/mol. The maximum absolute atomic E-state index is 11.0. The minimum absolute atomic E-state index is 0.0760. The van der Waals surface area contributed by atoms with E-state index in [1.54, 1.807) is 30.3 Å². The van der Waals surface area contributed by atoms with Crippen LogP contribution < -0.4 is 15.8 Å². The smallest absolute Gasteiger partial charge is 0.248 e. The molecule has 110 valence electrons. The molecule has 0 unspecified atom stereocenters. The van der Waals surface area contributed by atoms with Gasteiger partial charge in [0.25, 0.3) is 0 Å². The zero-order valence-corrected chi connectivity index (χ0v) is 13.0. The molecule has 5 nitrogen and oxygen atoms in total. The molecule has 0 fully saturated rings. The number of aromatic hydroxyl groups is 1. The molecule has 2 aromatic rings. The van der Waals surface area contributed by atoms with Crippen LogP contribution in [-0.4, -0.2) is 18.1 Å². The van der Waals surface area contributed by atoms with Crippen molar-refractivity contribution in [3.63, 3.8) is 0 Å². The highest BCUT2D eigenvalue weighted by molar-refractivity contribution is 9.10. The first kappa shape index (κ1) is 15.2. The van der Waals surface area contributed by atoms with Gasteiger partial charge in [0.15, 0.2) is 11.5 Å². The third-order valence-electron chi connectivity index (χ3n) is 2.97. The highest BCUT2D eigenvalue weighted by atomic mass is 79.9. The van der Waals surface area contributed by atoms with E-state index >= 15 is 0 Å². The third kappa shape index (κ3) is 3.66. The van der Waals surface area contributed by atoms with Crippen LogP contribution in [0.5, 0.6) is 11.5 Å². The molecule has 0 aliphatic heterocycles. The summed E-state index contributed by atoms with van der Waals surface area (Å²) in [7, 11) is 1.50. The number of halogens is 1. The fraction of sp³-hybridized carbons (Fsp3) is 0.133. The Bertz CT molecular complexity index is 657. The molecule has 0 aliphatic carbocycles. The van der Waals surface area contributed by atoms with Crippen LogP contribution in [-0.2, 0) is 6.54 Å². The number of benzene rings is 2. The highest BCUT2D eigenvalue weighted by Crippen LogP contribution is 2.35. The summed E-state index contributed by atoms with van der Waals surface area (Å²) in [5.74, 6) is 0.0334. The van der Waals surface area contributed by atoms with Gasteiger partial charge in [0.05, 0.1) is 11.6 Å². The van der Waals surface area contributed by atoms with Gasteiger partial charge in [-0.05, 0) is 57.9 Å². The first-order valence-electron chi connectivity index (χ1n) is 6.20. The average molecular weight is 351 g/mol. The van der Waals surface area contributed by atoms with Gasteiger partial charge in [-0.1, -0.05) is 0 Å². The van der Waals surface area contributed by atoms with E-state index < -0.39 is 5.91 Å². The predicted octanol–water partition coefficient (Wildman–Crippen LogP) is 2.87. The Balaban J connectivity index is 2.09. The summed E-state index contributed by atoms with van der Waals surface area (Å²) in [5.41, 5.74) is 7.46. The van der Waals surface area contributed by atoms with E-state index in [1.807, 2.05) is 6.07 Å². The third-order valence-corrected chi connectivity index (χ3v) is 3.58. The number of rotatable bonds is 5. The molecule has 2 rings (SSSR count). The zero-order valence-electron chi connectivity index (χ0n) is 11.4. The van der Waals surface area contributed by atoms with Gasteiger partial charge in [-0.25, -0.2) is 0 Å². The van der Waals surface area contributed by atoms with E-state index in [4.69, 9.17) is 10.5 Å². The van der Waals surface area contributed by atoms with Gasteiger partial charge >= 0.3 is 0 Å². The molecule has 0 saturated heterocycles. The number of nitrogens with one attached hydrogen (secondary N) is 1. The van der Waals surface area contributed by atoms with Crippen LogP contribution in [0.3, 0.4) is 0 Å². The Morgan fingerprint density at radius 1 is 1.33 bits per heavy atom. The lowest BCUT2D eigenvalue weighted by atomic mass is 10.1. The fourth-order valence-corrected chi connectivity index (χ4v) is 2.33. The number of hydrogen-bond acceptors (Lipinski definition) is 4.